The lowest BCUT2D eigenvalue weighted by molar-refractivity contribution is -0.393. The lowest BCUT2D eigenvalue weighted by atomic mass is 10.3. The van der Waals surface area contributed by atoms with Gasteiger partial charge >= 0.3 is 5.82 Å². The first-order valence-electron chi connectivity index (χ1n) is 6.34. The third kappa shape index (κ3) is 3.14. The molecule has 21 heavy (non-hydrogen) atoms. The van der Waals surface area contributed by atoms with Crippen LogP contribution in [0.2, 0.25) is 0 Å². The molecule has 0 spiro atoms. The molecule has 1 atom stereocenters. The molecule has 112 valence electrons. The quantitative estimate of drug-likeness (QED) is 0.670. The molecule has 2 aromatic rings. The number of aliphatic hydroxyl groups is 1. The van der Waals surface area contributed by atoms with E-state index in [1.165, 1.54) is 18.3 Å². The van der Waals surface area contributed by atoms with E-state index in [1.807, 2.05) is 13.8 Å². The van der Waals surface area contributed by atoms with E-state index >= 15 is 0 Å². The van der Waals surface area contributed by atoms with Crippen molar-refractivity contribution in [3.05, 3.63) is 32.2 Å². The first kappa shape index (κ1) is 15.3. The van der Waals surface area contributed by atoms with Crippen molar-refractivity contribution >= 4 is 28.8 Å². The molecule has 0 saturated heterocycles. The summed E-state index contributed by atoms with van der Waals surface area (Å²) < 4.78 is 1.16. The number of nitro groups is 1. The van der Waals surface area contributed by atoms with Crippen LogP contribution in [0.4, 0.5) is 5.82 Å². The summed E-state index contributed by atoms with van der Waals surface area (Å²) in [6.45, 7) is 5.27. The van der Waals surface area contributed by atoms with Gasteiger partial charge in [0.15, 0.2) is 6.23 Å². The van der Waals surface area contributed by atoms with E-state index in [0.717, 1.165) is 32.8 Å². The maximum Gasteiger partial charge on any atom is 0.345 e. The zero-order chi connectivity index (χ0) is 15.6. The van der Waals surface area contributed by atoms with Gasteiger partial charge in [-0.15, -0.1) is 10.2 Å². The van der Waals surface area contributed by atoms with E-state index in [1.54, 1.807) is 6.08 Å². The Morgan fingerprint density at radius 1 is 1.62 bits per heavy atom. The predicted molar refractivity (Wildman–Crippen MR) is 78.6 cm³/mol. The number of hydrogen-bond acceptors (Lipinski definition) is 7. The van der Waals surface area contributed by atoms with Crippen LogP contribution in [0.1, 0.15) is 42.8 Å². The topological polar surface area (TPSA) is 107 Å². The van der Waals surface area contributed by atoms with Crippen molar-refractivity contribution in [3.8, 4) is 0 Å². The highest BCUT2D eigenvalue weighted by atomic mass is 32.1. The predicted octanol–water partition coefficient (Wildman–Crippen LogP) is 2.28. The standard InChI is InChI=1S/C12H15N5O3S/c1-4-10-14-15-12(21-10)7(2)5-9-13-6-11(17(19)20)16(9)8(3)18/h5-6,8,18H,4H2,1-3H3/b7-5+. The van der Waals surface area contributed by atoms with Crippen molar-refractivity contribution in [2.24, 2.45) is 0 Å². The van der Waals surface area contributed by atoms with Crippen LogP contribution in [0, 0.1) is 10.1 Å². The zero-order valence-electron chi connectivity index (χ0n) is 11.8. The Kier molecular flexibility index (Phi) is 4.43. The summed E-state index contributed by atoms with van der Waals surface area (Å²) >= 11 is 1.46. The Balaban J connectivity index is 2.42. The average Bonchev–Trinajstić information content (AvgIpc) is 3.04. The van der Waals surface area contributed by atoms with E-state index in [2.05, 4.69) is 15.2 Å². The van der Waals surface area contributed by atoms with E-state index in [-0.39, 0.29) is 5.82 Å². The number of rotatable bonds is 5. The van der Waals surface area contributed by atoms with Crippen LogP contribution in [0.15, 0.2) is 6.20 Å². The highest BCUT2D eigenvalue weighted by molar-refractivity contribution is 7.12. The molecule has 0 aromatic carbocycles. The summed E-state index contributed by atoms with van der Waals surface area (Å²) in [7, 11) is 0. The van der Waals surface area contributed by atoms with Gasteiger partial charge in [-0.05, 0) is 23.8 Å². The summed E-state index contributed by atoms with van der Waals surface area (Å²) in [5.41, 5.74) is 0.787. The molecule has 0 fully saturated rings. The van der Waals surface area contributed by atoms with Gasteiger partial charge < -0.3 is 15.2 Å². The summed E-state index contributed by atoms with van der Waals surface area (Å²) in [6.07, 6.45) is 2.54. The van der Waals surface area contributed by atoms with E-state index < -0.39 is 11.2 Å². The minimum absolute atomic E-state index is 0.254. The first-order chi connectivity index (χ1) is 9.93. The van der Waals surface area contributed by atoms with Crippen molar-refractivity contribution in [1.82, 2.24) is 19.7 Å². The van der Waals surface area contributed by atoms with Crippen LogP contribution in [0.25, 0.3) is 11.6 Å². The molecule has 0 aliphatic carbocycles. The third-order valence-electron chi connectivity index (χ3n) is 2.82. The minimum atomic E-state index is -1.05. The van der Waals surface area contributed by atoms with E-state index in [9.17, 15) is 15.2 Å². The average molecular weight is 309 g/mol. The largest absolute Gasteiger partial charge is 0.358 e. The SMILES string of the molecule is CCc1nnc(/C(C)=C/c2ncc([N+](=O)[O-])n2C(C)O)s1. The van der Waals surface area contributed by atoms with Gasteiger partial charge in [-0.25, -0.2) is 4.98 Å². The van der Waals surface area contributed by atoms with Crippen molar-refractivity contribution in [1.29, 1.82) is 0 Å². The summed E-state index contributed by atoms with van der Waals surface area (Å²) in [5.74, 6) is 0.0537. The summed E-state index contributed by atoms with van der Waals surface area (Å²) in [6, 6.07) is 0. The lowest BCUT2D eigenvalue weighted by Crippen LogP contribution is -2.09. The molecule has 1 unspecified atom stereocenters. The van der Waals surface area contributed by atoms with Crippen molar-refractivity contribution in [2.75, 3.05) is 0 Å². The van der Waals surface area contributed by atoms with Crippen molar-refractivity contribution in [2.45, 2.75) is 33.4 Å². The second-order valence-corrected chi connectivity index (χ2v) is 5.48. The second-order valence-electron chi connectivity index (χ2n) is 4.42. The number of hydrogen-bond donors (Lipinski definition) is 1. The maximum atomic E-state index is 10.9. The number of aliphatic hydroxyl groups excluding tert-OH is 1. The second kappa shape index (κ2) is 6.10. The molecule has 2 aromatic heterocycles. The van der Waals surface area contributed by atoms with Gasteiger partial charge in [0.1, 0.15) is 16.2 Å². The Bertz CT molecular complexity index is 689. The van der Waals surface area contributed by atoms with Crippen LogP contribution in [0.5, 0.6) is 0 Å². The molecule has 2 heterocycles. The molecule has 8 nitrogen and oxygen atoms in total. The zero-order valence-corrected chi connectivity index (χ0v) is 12.7. The van der Waals surface area contributed by atoms with Gasteiger partial charge in [0.2, 0.25) is 5.82 Å². The van der Waals surface area contributed by atoms with Gasteiger partial charge in [-0.3, -0.25) is 0 Å². The Morgan fingerprint density at radius 3 is 2.86 bits per heavy atom. The van der Waals surface area contributed by atoms with E-state index in [0.29, 0.717) is 5.82 Å². The molecule has 0 amide bonds. The number of nitrogens with zero attached hydrogens (tertiary/aromatic N) is 5. The normalized spacial score (nSPS) is 13.4. The number of aryl methyl sites for hydroxylation is 1. The summed E-state index contributed by atoms with van der Waals surface area (Å²) in [5, 5.41) is 30.4. The molecule has 0 saturated carbocycles. The molecular weight excluding hydrogens is 294 g/mol. The highest BCUT2D eigenvalue weighted by Crippen LogP contribution is 2.25. The van der Waals surface area contributed by atoms with E-state index in [4.69, 9.17) is 0 Å². The molecule has 1 N–H and O–H groups in total. The molecule has 0 aliphatic heterocycles. The van der Waals surface area contributed by atoms with Crippen LogP contribution in [-0.4, -0.2) is 29.8 Å². The Hall–Kier alpha value is -2.13. The lowest BCUT2D eigenvalue weighted by Gasteiger charge is -2.05. The van der Waals surface area contributed by atoms with Gasteiger partial charge in [0.05, 0.1) is 0 Å². The molecule has 0 aliphatic rings. The van der Waals surface area contributed by atoms with Gasteiger partial charge in [-0.2, -0.15) is 4.57 Å². The Morgan fingerprint density at radius 2 is 2.33 bits per heavy atom. The molecule has 0 radical (unpaired) electrons. The van der Waals surface area contributed by atoms with Crippen molar-refractivity contribution in [3.63, 3.8) is 0 Å². The number of allylic oxidation sites excluding steroid dienone is 1. The van der Waals surface area contributed by atoms with Gasteiger partial charge in [-0.1, -0.05) is 18.3 Å². The van der Waals surface area contributed by atoms with Crippen molar-refractivity contribution < 1.29 is 10.0 Å². The number of imidazole rings is 1. The third-order valence-corrected chi connectivity index (χ3v) is 4.02. The molecule has 0 bridgehead atoms. The van der Waals surface area contributed by atoms with Crippen LogP contribution in [-0.2, 0) is 6.42 Å². The fourth-order valence-electron chi connectivity index (χ4n) is 1.80. The van der Waals surface area contributed by atoms with Gasteiger partial charge in [0.25, 0.3) is 0 Å². The molecule has 9 heteroatoms. The van der Waals surface area contributed by atoms with Gasteiger partial charge in [0, 0.05) is 13.0 Å². The van der Waals surface area contributed by atoms with Crippen LogP contribution < -0.4 is 0 Å². The first-order valence-corrected chi connectivity index (χ1v) is 7.16. The smallest absolute Gasteiger partial charge is 0.345 e. The Labute approximate surface area is 124 Å². The maximum absolute atomic E-state index is 10.9. The van der Waals surface area contributed by atoms with Crippen LogP contribution in [0.3, 0.4) is 0 Å². The molecule has 2 rings (SSSR count). The fourth-order valence-corrected chi connectivity index (χ4v) is 2.55. The highest BCUT2D eigenvalue weighted by Gasteiger charge is 2.23. The number of aromatic nitrogens is 4. The van der Waals surface area contributed by atoms with Crippen LogP contribution >= 0.6 is 11.3 Å². The fraction of sp³-hybridized carbons (Fsp3) is 0.417. The monoisotopic (exact) mass is 309 g/mol. The summed E-state index contributed by atoms with van der Waals surface area (Å²) in [4.78, 5) is 14.3. The minimum Gasteiger partial charge on any atom is -0.358 e. The molecular formula is C12H15N5O3S.